The fraction of sp³-hybridized carbons (Fsp3) is 0.500. The first-order valence-corrected chi connectivity index (χ1v) is 9.21. The maximum Gasteiger partial charge on any atom is 0.178 e. The Bertz CT molecular complexity index is 694. The van der Waals surface area contributed by atoms with E-state index in [2.05, 4.69) is 31.7 Å². The number of H-pyrrole nitrogens is 1. The van der Waals surface area contributed by atoms with Gasteiger partial charge in [0.25, 0.3) is 0 Å². The van der Waals surface area contributed by atoms with Crippen LogP contribution >= 0.6 is 39.9 Å². The molecule has 0 spiro atoms. The molecule has 1 aromatic carbocycles. The average Bonchev–Trinajstić information content (AvgIpc) is 2.74. The Morgan fingerprint density at radius 3 is 3.00 bits per heavy atom. The molecule has 1 aromatic heterocycles. The minimum Gasteiger partial charge on any atom is -0.330 e. The molecule has 108 valence electrons. The van der Waals surface area contributed by atoms with Gasteiger partial charge >= 0.3 is 0 Å². The fourth-order valence-corrected chi connectivity index (χ4v) is 4.56. The molecule has 20 heavy (non-hydrogen) atoms. The summed E-state index contributed by atoms with van der Waals surface area (Å²) in [5.74, 6) is -0.258. The molecule has 2 atom stereocenters. The van der Waals surface area contributed by atoms with Gasteiger partial charge in [0.15, 0.2) is 4.77 Å². The summed E-state index contributed by atoms with van der Waals surface area (Å²) in [5.41, 5.74) is 1.78. The van der Waals surface area contributed by atoms with Gasteiger partial charge in [0.1, 0.15) is 5.82 Å². The minimum absolute atomic E-state index is 0.258. The number of aromatic amines is 1. The monoisotopic (exact) mass is 374 g/mol. The van der Waals surface area contributed by atoms with Crippen molar-refractivity contribution in [2.24, 2.45) is 0 Å². The number of nitrogens with zero attached hydrogens (tertiary/aromatic N) is 1. The molecular formula is C14H16BrFN2S2. The summed E-state index contributed by atoms with van der Waals surface area (Å²) in [4.78, 5) is 3.14. The molecule has 1 aliphatic carbocycles. The topological polar surface area (TPSA) is 20.7 Å². The molecule has 6 heteroatoms. The van der Waals surface area contributed by atoms with Crippen molar-refractivity contribution in [3.63, 3.8) is 0 Å². The van der Waals surface area contributed by atoms with Crippen molar-refractivity contribution in [2.75, 3.05) is 6.26 Å². The summed E-state index contributed by atoms with van der Waals surface area (Å²) < 4.78 is 17.0. The third-order valence-corrected chi connectivity index (χ3v) is 6.06. The number of imidazole rings is 1. The highest BCUT2D eigenvalue weighted by Gasteiger charge is 2.24. The molecule has 2 nitrogen and oxygen atoms in total. The van der Waals surface area contributed by atoms with Crippen LogP contribution in [0.1, 0.15) is 31.7 Å². The van der Waals surface area contributed by atoms with E-state index in [0.717, 1.165) is 23.9 Å². The molecule has 1 aliphatic rings. The van der Waals surface area contributed by atoms with Crippen molar-refractivity contribution in [2.45, 2.75) is 37.0 Å². The lowest BCUT2D eigenvalue weighted by Crippen LogP contribution is -2.20. The molecule has 0 bridgehead atoms. The molecule has 1 heterocycles. The Hall–Kier alpha value is -0.330. The third-order valence-electron chi connectivity index (χ3n) is 4.06. The van der Waals surface area contributed by atoms with E-state index in [9.17, 15) is 4.39 Å². The number of hydrogen-bond donors (Lipinski definition) is 1. The van der Waals surface area contributed by atoms with E-state index in [-0.39, 0.29) is 5.82 Å². The number of fused-ring (bicyclic) bond motifs is 1. The molecule has 2 unspecified atom stereocenters. The maximum atomic E-state index is 13.6. The summed E-state index contributed by atoms with van der Waals surface area (Å²) >= 11 is 10.7. The molecule has 0 saturated heterocycles. The standard InChI is InChI=1S/C14H16BrFN2S2/c1-20-9-4-2-3-8(5-9)18-13-6-10(15)11(16)7-12(13)17-14(18)19/h6-9H,2-5H2,1H3,(H,17,19). The summed E-state index contributed by atoms with van der Waals surface area (Å²) in [5, 5.41) is 0.699. The highest BCUT2D eigenvalue weighted by atomic mass is 79.9. The van der Waals surface area contributed by atoms with E-state index < -0.39 is 0 Å². The predicted molar refractivity (Wildman–Crippen MR) is 89.6 cm³/mol. The second-order valence-electron chi connectivity index (χ2n) is 5.26. The molecule has 1 saturated carbocycles. The van der Waals surface area contributed by atoms with Crippen LogP contribution in [-0.2, 0) is 0 Å². The number of rotatable bonds is 2. The Labute approximate surface area is 135 Å². The van der Waals surface area contributed by atoms with Crippen molar-refractivity contribution in [3.8, 4) is 0 Å². The zero-order valence-electron chi connectivity index (χ0n) is 11.2. The fourth-order valence-electron chi connectivity index (χ4n) is 3.05. The van der Waals surface area contributed by atoms with Crippen LogP contribution in [0.2, 0.25) is 0 Å². The molecule has 1 fully saturated rings. The molecule has 1 N–H and O–H groups in total. The lowest BCUT2D eigenvalue weighted by Gasteiger charge is -2.29. The molecule has 0 radical (unpaired) electrons. The van der Waals surface area contributed by atoms with Crippen LogP contribution in [0.25, 0.3) is 11.0 Å². The lowest BCUT2D eigenvalue weighted by atomic mass is 9.94. The highest BCUT2D eigenvalue weighted by Crippen LogP contribution is 2.36. The van der Waals surface area contributed by atoms with Crippen molar-refractivity contribution in [1.82, 2.24) is 9.55 Å². The van der Waals surface area contributed by atoms with Crippen molar-refractivity contribution in [1.29, 1.82) is 0 Å². The Morgan fingerprint density at radius 1 is 1.45 bits per heavy atom. The Kier molecular flexibility index (Phi) is 4.24. The van der Waals surface area contributed by atoms with E-state index in [0.29, 0.717) is 20.5 Å². The maximum absolute atomic E-state index is 13.6. The van der Waals surface area contributed by atoms with Gasteiger partial charge in [0.05, 0.1) is 15.5 Å². The van der Waals surface area contributed by atoms with Gasteiger partial charge < -0.3 is 9.55 Å². The molecule has 3 rings (SSSR count). The van der Waals surface area contributed by atoms with Gasteiger partial charge in [0, 0.05) is 17.4 Å². The summed E-state index contributed by atoms with van der Waals surface area (Å²) in [6.07, 6.45) is 6.97. The molecule has 0 aliphatic heterocycles. The zero-order chi connectivity index (χ0) is 14.3. The van der Waals surface area contributed by atoms with Gasteiger partial charge in [-0.1, -0.05) is 6.42 Å². The lowest BCUT2D eigenvalue weighted by molar-refractivity contribution is 0.365. The normalized spacial score (nSPS) is 23.4. The van der Waals surface area contributed by atoms with Gasteiger partial charge in [-0.2, -0.15) is 11.8 Å². The average molecular weight is 375 g/mol. The van der Waals surface area contributed by atoms with E-state index in [1.807, 2.05) is 17.8 Å². The minimum atomic E-state index is -0.258. The van der Waals surface area contributed by atoms with Crippen LogP contribution in [0.3, 0.4) is 0 Å². The van der Waals surface area contributed by atoms with Crippen LogP contribution in [-0.4, -0.2) is 21.1 Å². The first-order valence-electron chi connectivity index (χ1n) is 6.72. The summed E-state index contributed by atoms with van der Waals surface area (Å²) in [6.45, 7) is 0. The molecule has 0 amide bonds. The van der Waals surface area contributed by atoms with Gasteiger partial charge in [-0.3, -0.25) is 0 Å². The van der Waals surface area contributed by atoms with Crippen LogP contribution in [0, 0.1) is 10.6 Å². The number of hydrogen-bond acceptors (Lipinski definition) is 2. The first-order chi connectivity index (χ1) is 9.60. The van der Waals surface area contributed by atoms with E-state index in [4.69, 9.17) is 12.2 Å². The van der Waals surface area contributed by atoms with Crippen molar-refractivity contribution < 1.29 is 4.39 Å². The number of benzene rings is 1. The van der Waals surface area contributed by atoms with E-state index in [1.54, 1.807) is 0 Å². The highest BCUT2D eigenvalue weighted by molar-refractivity contribution is 9.10. The Balaban J connectivity index is 2.08. The van der Waals surface area contributed by atoms with Crippen LogP contribution in [0.4, 0.5) is 4.39 Å². The van der Waals surface area contributed by atoms with Crippen LogP contribution in [0.15, 0.2) is 16.6 Å². The van der Waals surface area contributed by atoms with Crippen LogP contribution in [0.5, 0.6) is 0 Å². The van der Waals surface area contributed by atoms with Gasteiger partial charge in [-0.05, 0) is 59.7 Å². The number of thioether (sulfide) groups is 1. The largest absolute Gasteiger partial charge is 0.330 e. The van der Waals surface area contributed by atoms with Gasteiger partial charge in [-0.15, -0.1) is 0 Å². The van der Waals surface area contributed by atoms with E-state index >= 15 is 0 Å². The smallest absolute Gasteiger partial charge is 0.178 e. The SMILES string of the molecule is CSC1CCCC(n2c(=S)[nH]c3cc(F)c(Br)cc32)C1. The number of nitrogens with one attached hydrogen (secondary N) is 1. The Morgan fingerprint density at radius 2 is 2.25 bits per heavy atom. The van der Waals surface area contributed by atoms with Crippen molar-refractivity contribution >= 4 is 50.9 Å². The summed E-state index contributed by atoms with van der Waals surface area (Å²) in [7, 11) is 0. The first kappa shape index (κ1) is 14.6. The van der Waals surface area contributed by atoms with Gasteiger partial charge in [-0.25, -0.2) is 4.39 Å². The quantitative estimate of drug-likeness (QED) is 0.705. The predicted octanol–water partition coefficient (Wildman–Crippen LogP) is 5.45. The third kappa shape index (κ3) is 2.57. The molecule has 2 aromatic rings. The van der Waals surface area contributed by atoms with Gasteiger partial charge in [0.2, 0.25) is 0 Å². The molecular weight excluding hydrogens is 359 g/mol. The second kappa shape index (κ2) is 5.81. The van der Waals surface area contributed by atoms with E-state index in [1.165, 1.54) is 18.9 Å². The van der Waals surface area contributed by atoms with Crippen LogP contribution < -0.4 is 0 Å². The number of aromatic nitrogens is 2. The number of halogens is 2. The zero-order valence-corrected chi connectivity index (χ0v) is 14.4. The second-order valence-corrected chi connectivity index (χ2v) is 7.64. The summed E-state index contributed by atoms with van der Waals surface area (Å²) in [6, 6.07) is 3.76. The van der Waals surface area contributed by atoms with Crippen molar-refractivity contribution in [3.05, 3.63) is 27.2 Å².